The highest BCUT2D eigenvalue weighted by Crippen LogP contribution is 2.23. The second-order valence-corrected chi connectivity index (χ2v) is 10.5. The average Bonchev–Trinajstić information content (AvgIpc) is 2.96. The Kier molecular flexibility index (Phi) is 9.80. The third-order valence-corrected chi connectivity index (χ3v) is 6.13. The Balaban J connectivity index is 1.70. The van der Waals surface area contributed by atoms with Crippen molar-refractivity contribution in [2.24, 2.45) is 0 Å². The van der Waals surface area contributed by atoms with E-state index in [4.69, 9.17) is 19.2 Å². The smallest absolute Gasteiger partial charge is 0.408 e. The molecular weight excluding hydrogens is 536 g/mol. The third kappa shape index (κ3) is 8.09. The Morgan fingerprint density at radius 1 is 0.929 bits per heavy atom. The number of carbonyl (C=O) groups is 2. The van der Waals surface area contributed by atoms with Crippen LogP contribution >= 0.6 is 0 Å². The number of para-hydroxylation sites is 1. The number of nitrogens with zero attached hydrogens (tertiary/aromatic N) is 2. The zero-order valence-electron chi connectivity index (χ0n) is 24.3. The minimum atomic E-state index is -0.813. The summed E-state index contributed by atoms with van der Waals surface area (Å²) in [6, 6.07) is 22.6. The summed E-state index contributed by atoms with van der Waals surface area (Å²) in [6.45, 7) is 7.90. The lowest BCUT2D eigenvalue weighted by Gasteiger charge is -2.24. The highest BCUT2D eigenvalue weighted by Gasteiger charge is 2.25. The lowest BCUT2D eigenvalue weighted by atomic mass is 10.1. The van der Waals surface area contributed by atoms with E-state index in [2.05, 4.69) is 10.6 Å². The second kappa shape index (κ2) is 13.7. The molecule has 1 heterocycles. The standard InChI is InChI=1S/C32H36N4O6/c1-5-40-24-17-15-23(16-18-24)36-28(34-26-14-10-9-13-25(26)29(36)37)27(19-20-33-30(38)42-32(2,3)4)35-31(39)41-21-22-11-7-6-8-12-22/h6-18,27H,5,19-21H2,1-4H3,(H,33,38)(H,35,39)/t27-/m1/s1. The number of alkyl carbamates (subject to hydrolysis) is 2. The number of nitrogens with one attached hydrogen (secondary N) is 2. The van der Waals surface area contributed by atoms with E-state index in [9.17, 15) is 14.4 Å². The molecule has 4 aromatic rings. The lowest BCUT2D eigenvalue weighted by molar-refractivity contribution is 0.0525. The molecule has 4 rings (SSSR count). The van der Waals surface area contributed by atoms with Gasteiger partial charge in [0.2, 0.25) is 0 Å². The first-order valence-corrected chi connectivity index (χ1v) is 13.8. The largest absolute Gasteiger partial charge is 0.494 e. The van der Waals surface area contributed by atoms with Gasteiger partial charge in [0.15, 0.2) is 0 Å². The molecule has 0 aliphatic heterocycles. The molecule has 1 atom stereocenters. The Hall–Kier alpha value is -4.86. The lowest BCUT2D eigenvalue weighted by Crippen LogP contribution is -2.38. The van der Waals surface area contributed by atoms with Gasteiger partial charge in [-0.3, -0.25) is 9.36 Å². The molecule has 0 aliphatic carbocycles. The van der Waals surface area contributed by atoms with Crippen molar-refractivity contribution in [1.29, 1.82) is 0 Å². The van der Waals surface area contributed by atoms with Crippen LogP contribution < -0.4 is 20.9 Å². The van der Waals surface area contributed by atoms with Crippen LogP contribution in [-0.4, -0.2) is 40.5 Å². The van der Waals surface area contributed by atoms with E-state index in [0.717, 1.165) is 5.56 Å². The topological polar surface area (TPSA) is 121 Å². The summed E-state index contributed by atoms with van der Waals surface area (Å²) in [7, 11) is 0. The number of rotatable bonds is 10. The Bertz CT molecular complexity index is 1560. The molecule has 0 unspecified atom stereocenters. The van der Waals surface area contributed by atoms with Crippen LogP contribution in [0.1, 0.15) is 51.5 Å². The van der Waals surface area contributed by atoms with Gasteiger partial charge < -0.3 is 24.8 Å². The molecule has 42 heavy (non-hydrogen) atoms. The zero-order valence-corrected chi connectivity index (χ0v) is 24.3. The summed E-state index contributed by atoms with van der Waals surface area (Å²) in [4.78, 5) is 44.0. The number of hydrogen-bond donors (Lipinski definition) is 2. The second-order valence-electron chi connectivity index (χ2n) is 10.5. The van der Waals surface area contributed by atoms with Crippen molar-refractivity contribution in [3.05, 3.63) is 101 Å². The van der Waals surface area contributed by atoms with Crippen LogP contribution in [0.15, 0.2) is 83.7 Å². The van der Waals surface area contributed by atoms with Crippen molar-refractivity contribution < 1.29 is 23.8 Å². The maximum atomic E-state index is 13.9. The van der Waals surface area contributed by atoms with Gasteiger partial charge in [-0.1, -0.05) is 42.5 Å². The fourth-order valence-corrected chi connectivity index (χ4v) is 4.30. The summed E-state index contributed by atoms with van der Waals surface area (Å²) in [5.74, 6) is 0.941. The molecule has 0 saturated heterocycles. The summed E-state index contributed by atoms with van der Waals surface area (Å²) in [5, 5.41) is 6.00. The first-order valence-electron chi connectivity index (χ1n) is 13.8. The number of aromatic nitrogens is 2. The van der Waals surface area contributed by atoms with Gasteiger partial charge in [0.25, 0.3) is 5.56 Å². The number of fused-ring (bicyclic) bond motifs is 1. The molecule has 0 aliphatic rings. The number of benzene rings is 3. The fourth-order valence-electron chi connectivity index (χ4n) is 4.30. The van der Waals surface area contributed by atoms with E-state index in [-0.39, 0.29) is 31.0 Å². The van der Waals surface area contributed by atoms with E-state index in [1.165, 1.54) is 4.57 Å². The van der Waals surface area contributed by atoms with Gasteiger partial charge in [0, 0.05) is 6.54 Å². The Morgan fingerprint density at radius 3 is 2.31 bits per heavy atom. The fraction of sp³-hybridized carbons (Fsp3) is 0.312. The normalized spacial score (nSPS) is 11.9. The number of hydrogen-bond acceptors (Lipinski definition) is 7. The molecule has 10 heteroatoms. The van der Waals surface area contributed by atoms with Crippen molar-refractivity contribution in [3.8, 4) is 11.4 Å². The molecule has 2 amide bonds. The quantitative estimate of drug-likeness (QED) is 0.251. The first-order chi connectivity index (χ1) is 20.1. The highest BCUT2D eigenvalue weighted by atomic mass is 16.6. The van der Waals surface area contributed by atoms with Crippen LogP contribution in [-0.2, 0) is 16.1 Å². The van der Waals surface area contributed by atoms with Crippen LogP contribution in [0, 0.1) is 0 Å². The number of amides is 2. The molecule has 2 N–H and O–H groups in total. The number of ether oxygens (including phenoxy) is 3. The average molecular weight is 573 g/mol. The molecule has 220 valence electrons. The summed E-state index contributed by atoms with van der Waals surface area (Å²) in [6.07, 6.45) is -1.09. The van der Waals surface area contributed by atoms with Crippen LogP contribution in [0.5, 0.6) is 5.75 Å². The number of carbonyl (C=O) groups excluding carboxylic acids is 2. The molecular formula is C32H36N4O6. The van der Waals surface area contributed by atoms with Crippen LogP contribution in [0.2, 0.25) is 0 Å². The SMILES string of the molecule is CCOc1ccc(-n2c([C@@H](CCNC(=O)OC(C)(C)C)NC(=O)OCc3ccccc3)nc3ccccc3c2=O)cc1. The van der Waals surface area contributed by atoms with E-state index >= 15 is 0 Å². The van der Waals surface area contributed by atoms with Crippen molar-refractivity contribution in [1.82, 2.24) is 20.2 Å². The monoisotopic (exact) mass is 572 g/mol. The van der Waals surface area contributed by atoms with Crippen LogP contribution in [0.3, 0.4) is 0 Å². The van der Waals surface area contributed by atoms with Gasteiger partial charge in [0.1, 0.15) is 23.8 Å². The van der Waals surface area contributed by atoms with Gasteiger partial charge in [-0.15, -0.1) is 0 Å². The van der Waals surface area contributed by atoms with Gasteiger partial charge in [-0.05, 0) is 76.1 Å². The molecule has 0 bridgehead atoms. The maximum Gasteiger partial charge on any atom is 0.408 e. The zero-order chi connectivity index (χ0) is 30.1. The van der Waals surface area contributed by atoms with Gasteiger partial charge >= 0.3 is 12.2 Å². The predicted octanol–water partition coefficient (Wildman–Crippen LogP) is 5.67. The summed E-state index contributed by atoms with van der Waals surface area (Å²) >= 11 is 0. The first kappa shape index (κ1) is 30.1. The predicted molar refractivity (Wildman–Crippen MR) is 160 cm³/mol. The molecule has 3 aromatic carbocycles. The molecule has 0 radical (unpaired) electrons. The molecule has 0 saturated carbocycles. The Labute approximate surface area is 244 Å². The molecule has 1 aromatic heterocycles. The molecule has 0 spiro atoms. The van der Waals surface area contributed by atoms with Crippen molar-refractivity contribution >= 4 is 23.1 Å². The van der Waals surface area contributed by atoms with Gasteiger partial charge in [-0.25, -0.2) is 14.6 Å². The van der Waals surface area contributed by atoms with Crippen molar-refractivity contribution in [3.63, 3.8) is 0 Å². The molecule has 0 fully saturated rings. The Morgan fingerprint density at radius 2 is 1.62 bits per heavy atom. The summed E-state index contributed by atoms with van der Waals surface area (Å²) in [5.41, 5.74) is 0.873. The van der Waals surface area contributed by atoms with Crippen molar-refractivity contribution in [2.75, 3.05) is 13.2 Å². The highest BCUT2D eigenvalue weighted by molar-refractivity contribution is 5.78. The van der Waals surface area contributed by atoms with E-state index in [1.54, 1.807) is 69.3 Å². The minimum absolute atomic E-state index is 0.0619. The summed E-state index contributed by atoms with van der Waals surface area (Å²) < 4.78 is 17.9. The van der Waals surface area contributed by atoms with Gasteiger partial charge in [0.05, 0.1) is 29.2 Å². The molecule has 10 nitrogen and oxygen atoms in total. The maximum absolute atomic E-state index is 13.9. The third-order valence-electron chi connectivity index (χ3n) is 6.13. The van der Waals surface area contributed by atoms with Crippen molar-refractivity contribution in [2.45, 2.75) is 52.4 Å². The van der Waals surface area contributed by atoms with E-state index < -0.39 is 23.8 Å². The van der Waals surface area contributed by atoms with Crippen LogP contribution in [0.4, 0.5) is 9.59 Å². The van der Waals surface area contributed by atoms with E-state index in [0.29, 0.717) is 28.9 Å². The van der Waals surface area contributed by atoms with Crippen LogP contribution in [0.25, 0.3) is 16.6 Å². The van der Waals surface area contributed by atoms with Gasteiger partial charge in [-0.2, -0.15) is 0 Å². The minimum Gasteiger partial charge on any atom is -0.494 e. The van der Waals surface area contributed by atoms with E-state index in [1.807, 2.05) is 37.3 Å².